The van der Waals surface area contributed by atoms with Crippen LogP contribution in [0.25, 0.3) is 0 Å². The molecule has 1 aliphatic rings. The van der Waals surface area contributed by atoms with E-state index in [-0.39, 0.29) is 5.41 Å². The Labute approximate surface area is 114 Å². The van der Waals surface area contributed by atoms with Crippen LogP contribution in [0, 0.1) is 5.41 Å². The zero-order valence-corrected chi connectivity index (χ0v) is 11.8. The van der Waals surface area contributed by atoms with E-state index in [2.05, 4.69) is 27.3 Å². The fourth-order valence-electron chi connectivity index (χ4n) is 3.18. The zero-order valence-electron chi connectivity index (χ0n) is 11.8. The van der Waals surface area contributed by atoms with Crippen molar-refractivity contribution in [2.24, 2.45) is 5.41 Å². The van der Waals surface area contributed by atoms with Gasteiger partial charge in [-0.15, -0.1) is 5.10 Å². The monoisotopic (exact) mass is 267 g/mol. The van der Waals surface area contributed by atoms with E-state index in [1.165, 1.54) is 12.8 Å². The summed E-state index contributed by atoms with van der Waals surface area (Å²) in [5.41, 5.74) is 0.141. The first-order valence-electron chi connectivity index (χ1n) is 7.32. The van der Waals surface area contributed by atoms with Crippen molar-refractivity contribution in [1.29, 1.82) is 0 Å². The molecule has 1 aliphatic heterocycles. The molecule has 1 fully saturated rings. The van der Waals surface area contributed by atoms with Gasteiger partial charge < -0.3 is 10.0 Å². The van der Waals surface area contributed by atoms with Crippen LogP contribution in [-0.4, -0.2) is 56.5 Å². The highest BCUT2D eigenvalue weighted by Crippen LogP contribution is 2.34. The third-order valence-corrected chi connectivity index (χ3v) is 4.11. The molecule has 1 unspecified atom stereocenters. The number of piperidine rings is 1. The van der Waals surface area contributed by atoms with E-state index in [0.717, 1.165) is 45.4 Å². The molecule has 0 aromatic carbocycles. The highest BCUT2D eigenvalue weighted by molar-refractivity contribution is 4.86. The Kier molecular flexibility index (Phi) is 5.27. The van der Waals surface area contributed by atoms with E-state index in [0.29, 0.717) is 6.61 Å². The second-order valence-electron chi connectivity index (χ2n) is 5.71. The largest absolute Gasteiger partial charge is 0.396 e. The molecule has 1 atom stereocenters. The number of hydrogen-bond donors (Lipinski definition) is 1. The van der Waals surface area contributed by atoms with Crippen molar-refractivity contribution in [1.82, 2.24) is 25.1 Å². The van der Waals surface area contributed by atoms with E-state index in [1.807, 2.05) is 0 Å². The van der Waals surface area contributed by atoms with E-state index in [9.17, 15) is 5.11 Å². The van der Waals surface area contributed by atoms with Crippen LogP contribution in [-0.2, 0) is 6.54 Å². The number of rotatable bonds is 7. The Balaban J connectivity index is 1.77. The van der Waals surface area contributed by atoms with Gasteiger partial charge in [0.1, 0.15) is 6.33 Å². The smallest absolute Gasteiger partial charge is 0.138 e. The Morgan fingerprint density at radius 2 is 2.26 bits per heavy atom. The van der Waals surface area contributed by atoms with Gasteiger partial charge in [-0.3, -0.25) is 0 Å². The number of aromatic nitrogens is 4. The molecule has 1 N–H and O–H groups in total. The van der Waals surface area contributed by atoms with Crippen molar-refractivity contribution in [2.45, 2.75) is 45.6 Å². The molecule has 6 heteroatoms. The molecule has 6 nitrogen and oxygen atoms in total. The first-order valence-corrected chi connectivity index (χ1v) is 7.32. The predicted octanol–water partition coefficient (Wildman–Crippen LogP) is 0.938. The molecular formula is C13H25N5O. The van der Waals surface area contributed by atoms with Crippen molar-refractivity contribution in [2.75, 3.05) is 26.2 Å². The highest BCUT2D eigenvalue weighted by Gasteiger charge is 2.33. The van der Waals surface area contributed by atoms with Crippen LogP contribution in [0.3, 0.4) is 0 Å². The van der Waals surface area contributed by atoms with Crippen molar-refractivity contribution in [3.63, 3.8) is 0 Å². The Morgan fingerprint density at radius 1 is 1.37 bits per heavy atom. The highest BCUT2D eigenvalue weighted by atomic mass is 16.3. The molecule has 2 rings (SSSR count). The number of likely N-dealkylation sites (tertiary alicyclic amines) is 1. The summed E-state index contributed by atoms with van der Waals surface area (Å²) in [6.07, 6.45) is 7.36. The third kappa shape index (κ3) is 3.98. The Bertz CT molecular complexity index is 352. The Hall–Kier alpha value is -1.01. The summed E-state index contributed by atoms with van der Waals surface area (Å²) in [6, 6.07) is 0. The van der Waals surface area contributed by atoms with Crippen LogP contribution in [0.4, 0.5) is 0 Å². The molecule has 0 aliphatic carbocycles. The van der Waals surface area contributed by atoms with Crippen LogP contribution in [0.5, 0.6) is 0 Å². The molecule has 0 radical (unpaired) electrons. The second-order valence-corrected chi connectivity index (χ2v) is 5.71. The minimum Gasteiger partial charge on any atom is -0.396 e. The third-order valence-electron chi connectivity index (χ3n) is 4.11. The van der Waals surface area contributed by atoms with Gasteiger partial charge in [-0.25, -0.2) is 4.68 Å². The van der Waals surface area contributed by atoms with E-state index in [4.69, 9.17) is 0 Å². The maximum Gasteiger partial charge on any atom is 0.138 e. The molecule has 1 saturated heterocycles. The summed E-state index contributed by atoms with van der Waals surface area (Å²) in [4.78, 5) is 2.49. The molecule has 0 bridgehead atoms. The molecule has 0 spiro atoms. The topological polar surface area (TPSA) is 67.1 Å². The lowest BCUT2D eigenvalue weighted by atomic mass is 9.77. The number of aliphatic hydroxyl groups excluding tert-OH is 1. The number of hydrogen-bond acceptors (Lipinski definition) is 5. The first-order chi connectivity index (χ1) is 9.28. The number of nitrogens with zero attached hydrogens (tertiary/aromatic N) is 5. The zero-order chi connectivity index (χ0) is 13.6. The van der Waals surface area contributed by atoms with Gasteiger partial charge in [0.2, 0.25) is 0 Å². The fraction of sp³-hybridized carbons (Fsp3) is 0.923. The van der Waals surface area contributed by atoms with Gasteiger partial charge in [0, 0.05) is 25.1 Å². The van der Waals surface area contributed by atoms with Crippen LogP contribution < -0.4 is 0 Å². The van der Waals surface area contributed by atoms with Crippen molar-refractivity contribution in [3.05, 3.63) is 6.33 Å². The summed E-state index contributed by atoms with van der Waals surface area (Å²) in [6.45, 7) is 6.64. The van der Waals surface area contributed by atoms with Crippen molar-refractivity contribution < 1.29 is 5.11 Å². The summed E-state index contributed by atoms with van der Waals surface area (Å²) >= 11 is 0. The lowest BCUT2D eigenvalue weighted by Crippen LogP contribution is -2.45. The molecule has 108 valence electrons. The molecule has 19 heavy (non-hydrogen) atoms. The van der Waals surface area contributed by atoms with Crippen LogP contribution in [0.15, 0.2) is 6.33 Å². The normalized spacial score (nSPS) is 24.7. The van der Waals surface area contributed by atoms with Gasteiger partial charge in [0.05, 0.1) is 0 Å². The summed E-state index contributed by atoms with van der Waals surface area (Å²) in [5, 5.41) is 20.8. The van der Waals surface area contributed by atoms with Gasteiger partial charge in [-0.2, -0.15) is 0 Å². The van der Waals surface area contributed by atoms with Crippen molar-refractivity contribution >= 4 is 0 Å². The summed E-state index contributed by atoms with van der Waals surface area (Å²) in [5.74, 6) is 0. The van der Waals surface area contributed by atoms with Gasteiger partial charge in [-0.05, 0) is 49.2 Å². The molecule has 1 aromatic rings. The fourth-order valence-corrected chi connectivity index (χ4v) is 3.18. The van der Waals surface area contributed by atoms with Crippen molar-refractivity contribution in [3.8, 4) is 0 Å². The Morgan fingerprint density at radius 3 is 2.95 bits per heavy atom. The maximum absolute atomic E-state index is 9.71. The number of aliphatic hydroxyl groups is 1. The van der Waals surface area contributed by atoms with Crippen LogP contribution in [0.2, 0.25) is 0 Å². The van der Waals surface area contributed by atoms with Crippen LogP contribution in [0.1, 0.15) is 39.0 Å². The van der Waals surface area contributed by atoms with E-state index >= 15 is 0 Å². The van der Waals surface area contributed by atoms with Crippen LogP contribution >= 0.6 is 0 Å². The van der Waals surface area contributed by atoms with Gasteiger partial charge in [-0.1, -0.05) is 13.3 Å². The lowest BCUT2D eigenvalue weighted by molar-refractivity contribution is 0.0241. The lowest BCUT2D eigenvalue weighted by Gasteiger charge is -2.42. The minimum atomic E-state index is 0.141. The molecule has 0 amide bonds. The average molecular weight is 267 g/mol. The maximum atomic E-state index is 9.71. The van der Waals surface area contributed by atoms with E-state index in [1.54, 1.807) is 11.0 Å². The number of aryl methyl sites for hydroxylation is 1. The van der Waals surface area contributed by atoms with Gasteiger partial charge in [0.15, 0.2) is 0 Å². The quantitative estimate of drug-likeness (QED) is 0.796. The van der Waals surface area contributed by atoms with Gasteiger partial charge >= 0.3 is 0 Å². The van der Waals surface area contributed by atoms with E-state index < -0.39 is 0 Å². The minimum absolute atomic E-state index is 0.141. The van der Waals surface area contributed by atoms with Gasteiger partial charge in [0.25, 0.3) is 0 Å². The molecule has 1 aromatic heterocycles. The predicted molar refractivity (Wildman–Crippen MR) is 72.5 cm³/mol. The molecule has 0 saturated carbocycles. The first kappa shape index (κ1) is 14.4. The summed E-state index contributed by atoms with van der Waals surface area (Å²) in [7, 11) is 0. The summed E-state index contributed by atoms with van der Waals surface area (Å²) < 4.78 is 1.77. The standard InChI is InChI=1S/C13H25N5O/c1-2-5-13(11-19)6-3-7-17(10-13)8-4-9-18-12-14-15-16-18/h12,19H,2-11H2,1H3. The second kappa shape index (κ2) is 6.96. The number of tetrazole rings is 1. The molecular weight excluding hydrogens is 242 g/mol. The molecule has 2 heterocycles. The SMILES string of the molecule is CCCC1(CO)CCCN(CCCn2cnnn2)C1. The average Bonchev–Trinajstić information content (AvgIpc) is 2.93.